The first kappa shape index (κ1) is 12.9. The highest BCUT2D eigenvalue weighted by Gasteiger charge is 2.30. The molecule has 0 aromatic heterocycles. The molecule has 1 N–H and O–H groups in total. The molecule has 0 radical (unpaired) electrons. The molecule has 1 saturated carbocycles. The van der Waals surface area contributed by atoms with E-state index in [9.17, 15) is 10.1 Å². The lowest BCUT2D eigenvalue weighted by Crippen LogP contribution is -2.18. The van der Waals surface area contributed by atoms with E-state index < -0.39 is 0 Å². The number of rotatable bonds is 3. The van der Waals surface area contributed by atoms with Crippen molar-refractivity contribution in [3.63, 3.8) is 0 Å². The largest absolute Gasteiger partial charge is 0.382 e. The van der Waals surface area contributed by atoms with Crippen LogP contribution in [0.15, 0.2) is 18.2 Å². The summed E-state index contributed by atoms with van der Waals surface area (Å²) in [6, 6.07) is 5.50. The summed E-state index contributed by atoms with van der Waals surface area (Å²) in [5, 5.41) is 14.2. The van der Waals surface area contributed by atoms with Gasteiger partial charge >= 0.3 is 0 Å². The van der Waals surface area contributed by atoms with E-state index in [2.05, 4.69) is 19.2 Å². The van der Waals surface area contributed by atoms with Crippen LogP contribution >= 0.6 is 0 Å². The molecular formula is C14H20N2O2. The fourth-order valence-electron chi connectivity index (χ4n) is 2.70. The van der Waals surface area contributed by atoms with Gasteiger partial charge in [-0.05, 0) is 43.2 Å². The summed E-state index contributed by atoms with van der Waals surface area (Å²) in [6.45, 7) is 6.49. The van der Waals surface area contributed by atoms with Crippen molar-refractivity contribution in [2.24, 2.45) is 5.41 Å². The highest BCUT2D eigenvalue weighted by Crippen LogP contribution is 2.38. The molecule has 1 aliphatic carbocycles. The second kappa shape index (κ2) is 4.59. The van der Waals surface area contributed by atoms with Gasteiger partial charge in [0.15, 0.2) is 0 Å². The molecule has 18 heavy (non-hydrogen) atoms. The molecule has 0 heterocycles. The van der Waals surface area contributed by atoms with Crippen molar-refractivity contribution in [3.05, 3.63) is 33.9 Å². The maximum absolute atomic E-state index is 10.7. The molecule has 0 amide bonds. The molecule has 1 unspecified atom stereocenters. The van der Waals surface area contributed by atoms with E-state index in [1.165, 1.54) is 12.8 Å². The number of hydrogen-bond donors (Lipinski definition) is 1. The SMILES string of the molecule is Cc1cc([N+](=O)[O-])ccc1NC1CCC(C)(C)C1. The summed E-state index contributed by atoms with van der Waals surface area (Å²) in [5.74, 6) is 0. The zero-order valence-electron chi connectivity index (χ0n) is 11.2. The Morgan fingerprint density at radius 1 is 1.44 bits per heavy atom. The van der Waals surface area contributed by atoms with Crippen molar-refractivity contribution in [1.82, 2.24) is 0 Å². The molecule has 1 aromatic carbocycles. The number of nitrogens with one attached hydrogen (secondary N) is 1. The molecule has 2 rings (SSSR count). The Morgan fingerprint density at radius 3 is 2.67 bits per heavy atom. The third-order valence-electron chi connectivity index (χ3n) is 3.75. The van der Waals surface area contributed by atoms with Crippen LogP contribution in [-0.2, 0) is 0 Å². The molecule has 0 saturated heterocycles. The first-order valence-electron chi connectivity index (χ1n) is 6.39. The van der Waals surface area contributed by atoms with Crippen molar-refractivity contribution >= 4 is 11.4 Å². The summed E-state index contributed by atoms with van der Waals surface area (Å²) in [7, 11) is 0. The van der Waals surface area contributed by atoms with E-state index in [4.69, 9.17) is 0 Å². The van der Waals surface area contributed by atoms with E-state index in [1.807, 2.05) is 13.0 Å². The Labute approximate surface area is 108 Å². The minimum absolute atomic E-state index is 0.157. The zero-order valence-corrected chi connectivity index (χ0v) is 11.2. The fourth-order valence-corrected chi connectivity index (χ4v) is 2.70. The second-order valence-electron chi connectivity index (χ2n) is 6.00. The number of benzene rings is 1. The normalized spacial score (nSPS) is 21.8. The Hall–Kier alpha value is -1.58. The molecule has 1 aliphatic rings. The van der Waals surface area contributed by atoms with Gasteiger partial charge in [-0.1, -0.05) is 13.8 Å². The van der Waals surface area contributed by atoms with Gasteiger partial charge in [-0.3, -0.25) is 10.1 Å². The van der Waals surface area contributed by atoms with Crippen LogP contribution in [0.4, 0.5) is 11.4 Å². The number of aryl methyl sites for hydroxylation is 1. The molecule has 0 bridgehead atoms. The third kappa shape index (κ3) is 2.81. The molecule has 1 atom stereocenters. The number of nitrogens with zero attached hydrogens (tertiary/aromatic N) is 1. The third-order valence-corrected chi connectivity index (χ3v) is 3.75. The Bertz CT molecular complexity index is 469. The summed E-state index contributed by atoms with van der Waals surface area (Å²) in [6.07, 6.45) is 3.56. The average molecular weight is 248 g/mol. The lowest BCUT2D eigenvalue weighted by atomic mass is 9.92. The predicted molar refractivity (Wildman–Crippen MR) is 72.9 cm³/mol. The maximum Gasteiger partial charge on any atom is 0.269 e. The summed E-state index contributed by atoms with van der Waals surface area (Å²) in [5.41, 5.74) is 2.52. The summed E-state index contributed by atoms with van der Waals surface area (Å²) < 4.78 is 0. The number of anilines is 1. The Balaban J connectivity index is 2.09. The minimum Gasteiger partial charge on any atom is -0.382 e. The van der Waals surface area contributed by atoms with Gasteiger partial charge in [0.25, 0.3) is 5.69 Å². The molecule has 1 fully saturated rings. The van der Waals surface area contributed by atoms with Crippen LogP contribution in [-0.4, -0.2) is 11.0 Å². The van der Waals surface area contributed by atoms with Gasteiger partial charge in [0, 0.05) is 23.9 Å². The topological polar surface area (TPSA) is 55.2 Å². The highest BCUT2D eigenvalue weighted by molar-refractivity contribution is 5.56. The predicted octanol–water partition coefficient (Wildman–Crippen LogP) is 3.89. The maximum atomic E-state index is 10.7. The van der Waals surface area contributed by atoms with Crippen LogP contribution in [0.3, 0.4) is 0 Å². The number of nitro groups is 1. The standard InChI is InChI=1S/C14H20N2O2/c1-10-8-12(16(17)18)4-5-13(10)15-11-6-7-14(2,3)9-11/h4-5,8,11,15H,6-7,9H2,1-3H3. The second-order valence-corrected chi connectivity index (χ2v) is 6.00. The lowest BCUT2D eigenvalue weighted by molar-refractivity contribution is -0.384. The van der Waals surface area contributed by atoms with Crippen molar-refractivity contribution in [1.29, 1.82) is 0 Å². The van der Waals surface area contributed by atoms with Crippen LogP contribution < -0.4 is 5.32 Å². The Kier molecular flexibility index (Phi) is 3.28. The minimum atomic E-state index is -0.352. The van der Waals surface area contributed by atoms with E-state index >= 15 is 0 Å². The van der Waals surface area contributed by atoms with Gasteiger partial charge in [0.05, 0.1) is 4.92 Å². The average Bonchev–Trinajstić information content (AvgIpc) is 2.61. The molecular weight excluding hydrogens is 228 g/mol. The Morgan fingerprint density at radius 2 is 2.17 bits per heavy atom. The van der Waals surface area contributed by atoms with Gasteiger partial charge in [-0.25, -0.2) is 0 Å². The van der Waals surface area contributed by atoms with E-state index in [-0.39, 0.29) is 10.6 Å². The molecule has 0 aliphatic heterocycles. The number of hydrogen-bond acceptors (Lipinski definition) is 3. The summed E-state index contributed by atoms with van der Waals surface area (Å²) in [4.78, 5) is 10.3. The quantitative estimate of drug-likeness (QED) is 0.652. The van der Waals surface area contributed by atoms with E-state index in [0.29, 0.717) is 11.5 Å². The van der Waals surface area contributed by atoms with Gasteiger partial charge in [0.1, 0.15) is 0 Å². The van der Waals surface area contributed by atoms with Crippen LogP contribution in [0.25, 0.3) is 0 Å². The summed E-state index contributed by atoms with van der Waals surface area (Å²) >= 11 is 0. The lowest BCUT2D eigenvalue weighted by Gasteiger charge is -2.19. The number of non-ortho nitro benzene ring substituents is 1. The van der Waals surface area contributed by atoms with Crippen LogP contribution in [0, 0.1) is 22.5 Å². The smallest absolute Gasteiger partial charge is 0.269 e. The van der Waals surface area contributed by atoms with Crippen LogP contribution in [0.2, 0.25) is 0 Å². The van der Waals surface area contributed by atoms with Gasteiger partial charge in [-0.2, -0.15) is 0 Å². The fraction of sp³-hybridized carbons (Fsp3) is 0.571. The molecule has 4 nitrogen and oxygen atoms in total. The van der Waals surface area contributed by atoms with Crippen LogP contribution in [0.5, 0.6) is 0 Å². The molecule has 0 spiro atoms. The highest BCUT2D eigenvalue weighted by atomic mass is 16.6. The van der Waals surface area contributed by atoms with Crippen molar-refractivity contribution in [2.75, 3.05) is 5.32 Å². The molecule has 98 valence electrons. The first-order chi connectivity index (χ1) is 8.37. The van der Waals surface area contributed by atoms with Gasteiger partial charge in [0.2, 0.25) is 0 Å². The van der Waals surface area contributed by atoms with E-state index in [1.54, 1.807) is 12.1 Å². The zero-order chi connectivity index (χ0) is 13.3. The number of nitro benzene ring substituents is 1. The van der Waals surface area contributed by atoms with E-state index in [0.717, 1.165) is 17.7 Å². The first-order valence-corrected chi connectivity index (χ1v) is 6.39. The van der Waals surface area contributed by atoms with Crippen LogP contribution in [0.1, 0.15) is 38.7 Å². The van der Waals surface area contributed by atoms with Crippen molar-refractivity contribution < 1.29 is 4.92 Å². The van der Waals surface area contributed by atoms with Crippen molar-refractivity contribution in [2.45, 2.75) is 46.1 Å². The molecule has 4 heteroatoms. The molecule has 1 aromatic rings. The van der Waals surface area contributed by atoms with Gasteiger partial charge < -0.3 is 5.32 Å². The van der Waals surface area contributed by atoms with Crippen molar-refractivity contribution in [3.8, 4) is 0 Å². The monoisotopic (exact) mass is 248 g/mol. The van der Waals surface area contributed by atoms with Gasteiger partial charge in [-0.15, -0.1) is 0 Å².